The van der Waals surface area contributed by atoms with Crippen molar-refractivity contribution in [2.45, 2.75) is 0 Å². The summed E-state index contributed by atoms with van der Waals surface area (Å²) in [6.07, 6.45) is 12.3. The summed E-state index contributed by atoms with van der Waals surface area (Å²) < 4.78 is 18.4. The molecule has 0 bridgehead atoms. The second-order valence-corrected chi connectivity index (χ2v) is 3.32. The molecule has 0 saturated heterocycles. The molecular formula is C4H2ClO3P. The smallest absolute Gasteiger partial charge is 0.351 e. The van der Waals surface area contributed by atoms with E-state index in [2.05, 4.69) is 21.9 Å². The molecule has 0 aromatic rings. The minimum Gasteiger partial charge on any atom is -0.351 e. The van der Waals surface area contributed by atoms with Gasteiger partial charge in [-0.15, -0.1) is 0 Å². The third-order valence-electron chi connectivity index (χ3n) is 0.323. The van der Waals surface area contributed by atoms with Gasteiger partial charge >= 0.3 is 6.95 Å². The van der Waals surface area contributed by atoms with Gasteiger partial charge in [0.05, 0.1) is 0 Å². The Labute approximate surface area is 57.6 Å². The van der Waals surface area contributed by atoms with Gasteiger partial charge in [-0.1, -0.05) is 12.8 Å². The summed E-state index contributed by atoms with van der Waals surface area (Å²) in [6.45, 7) is -3.69. The third kappa shape index (κ3) is 3.79. The van der Waals surface area contributed by atoms with E-state index < -0.39 is 6.95 Å². The van der Waals surface area contributed by atoms with Crippen LogP contribution in [-0.2, 0) is 13.6 Å². The molecule has 48 valence electrons. The number of terminal acetylenes is 2. The van der Waals surface area contributed by atoms with Crippen LogP contribution in [0.25, 0.3) is 0 Å². The predicted molar refractivity (Wildman–Crippen MR) is 33.3 cm³/mol. The standard InChI is InChI=1S/C4H2ClO3P/c1-3-7-9(5,6)8-4-2/h1-2H. The molecule has 0 aliphatic carbocycles. The van der Waals surface area contributed by atoms with E-state index in [1.807, 2.05) is 0 Å². The van der Waals surface area contributed by atoms with Crippen molar-refractivity contribution in [2.24, 2.45) is 0 Å². The van der Waals surface area contributed by atoms with E-state index in [1.54, 1.807) is 12.2 Å². The molecule has 0 aliphatic heterocycles. The average molecular weight is 164 g/mol. The van der Waals surface area contributed by atoms with Gasteiger partial charge in [-0.05, 0) is 0 Å². The second-order valence-electron chi connectivity index (χ2n) is 0.849. The van der Waals surface area contributed by atoms with E-state index >= 15 is 0 Å². The van der Waals surface area contributed by atoms with E-state index in [0.29, 0.717) is 0 Å². The van der Waals surface area contributed by atoms with Gasteiger partial charge in [0.2, 0.25) is 0 Å². The van der Waals surface area contributed by atoms with Crippen molar-refractivity contribution in [1.29, 1.82) is 0 Å². The van der Waals surface area contributed by atoms with Crippen LogP contribution in [0.5, 0.6) is 0 Å². The fourth-order valence-corrected chi connectivity index (χ4v) is 0.673. The molecule has 0 amide bonds. The van der Waals surface area contributed by atoms with E-state index in [1.165, 1.54) is 0 Å². The molecule has 9 heavy (non-hydrogen) atoms. The monoisotopic (exact) mass is 164 g/mol. The largest absolute Gasteiger partial charge is 0.547 e. The van der Waals surface area contributed by atoms with Gasteiger partial charge in [-0.25, -0.2) is 4.57 Å². The topological polar surface area (TPSA) is 35.5 Å². The molecule has 0 aliphatic rings. The first-order valence-electron chi connectivity index (χ1n) is 1.70. The van der Waals surface area contributed by atoms with Crippen LogP contribution in [0.1, 0.15) is 0 Å². The predicted octanol–water partition coefficient (Wildman–Crippen LogP) is 1.55. The molecule has 0 rings (SSSR count). The molecule has 0 fully saturated rings. The summed E-state index contributed by atoms with van der Waals surface area (Å²) in [5.74, 6) is 0. The first kappa shape index (κ1) is 8.24. The van der Waals surface area contributed by atoms with Crippen LogP contribution in [0.2, 0.25) is 0 Å². The van der Waals surface area contributed by atoms with E-state index in [4.69, 9.17) is 11.2 Å². The summed E-state index contributed by atoms with van der Waals surface area (Å²) in [5.41, 5.74) is 0. The third-order valence-corrected chi connectivity index (χ3v) is 1.38. The van der Waals surface area contributed by atoms with Crippen LogP contribution in [0.3, 0.4) is 0 Å². The highest BCUT2D eigenvalue weighted by molar-refractivity contribution is 7.81. The minimum absolute atomic E-state index is 1.58. The highest BCUT2D eigenvalue weighted by atomic mass is 35.7. The fourth-order valence-electron chi connectivity index (χ4n) is 0.145. The summed E-state index contributed by atoms with van der Waals surface area (Å²) in [6, 6.07) is 0. The summed E-state index contributed by atoms with van der Waals surface area (Å²) in [4.78, 5) is 0. The molecule has 5 heteroatoms. The van der Waals surface area contributed by atoms with Crippen molar-refractivity contribution < 1.29 is 13.6 Å². The average Bonchev–Trinajstić information content (AvgIpc) is 1.64. The zero-order chi connectivity index (χ0) is 7.33. The van der Waals surface area contributed by atoms with Gasteiger partial charge in [0.15, 0.2) is 0 Å². The molecule has 0 aromatic carbocycles. The molecule has 0 saturated carbocycles. The molecule has 0 N–H and O–H groups in total. The van der Waals surface area contributed by atoms with Crippen molar-refractivity contribution in [1.82, 2.24) is 0 Å². The zero-order valence-corrected chi connectivity index (χ0v) is 5.85. The maximum Gasteiger partial charge on any atom is 0.547 e. The molecule has 0 aromatic heterocycles. The lowest BCUT2D eigenvalue weighted by Crippen LogP contribution is -1.76. The fraction of sp³-hybridized carbons (Fsp3) is 0. The number of hydrogen-bond acceptors (Lipinski definition) is 3. The first-order valence-corrected chi connectivity index (χ1v) is 4.15. The second kappa shape index (κ2) is 3.30. The Morgan fingerprint density at radius 1 is 1.33 bits per heavy atom. The van der Waals surface area contributed by atoms with Gasteiger partial charge in [0, 0.05) is 11.2 Å². The molecule has 0 heterocycles. The van der Waals surface area contributed by atoms with Crippen molar-refractivity contribution in [2.75, 3.05) is 0 Å². The highest BCUT2D eigenvalue weighted by Crippen LogP contribution is 2.52. The Morgan fingerprint density at radius 2 is 1.67 bits per heavy atom. The molecule has 0 unspecified atom stereocenters. The lowest BCUT2D eigenvalue weighted by atomic mass is 11.3. The van der Waals surface area contributed by atoms with Crippen molar-refractivity contribution in [3.05, 3.63) is 0 Å². The molecule has 0 radical (unpaired) electrons. The Balaban J connectivity index is 3.95. The van der Waals surface area contributed by atoms with Crippen LogP contribution >= 0.6 is 18.2 Å². The van der Waals surface area contributed by atoms with Gasteiger partial charge < -0.3 is 9.05 Å². The molecule has 3 nitrogen and oxygen atoms in total. The van der Waals surface area contributed by atoms with Gasteiger partial charge in [-0.3, -0.25) is 0 Å². The Hall–Kier alpha value is -0.760. The van der Waals surface area contributed by atoms with E-state index in [9.17, 15) is 4.57 Å². The number of halogens is 1. The molecule has 0 atom stereocenters. The molecular weight excluding hydrogens is 162 g/mol. The van der Waals surface area contributed by atoms with Crippen LogP contribution in [0, 0.1) is 25.1 Å². The van der Waals surface area contributed by atoms with Gasteiger partial charge in [0.1, 0.15) is 12.2 Å². The quantitative estimate of drug-likeness (QED) is 0.459. The summed E-state index contributed by atoms with van der Waals surface area (Å²) in [5, 5.41) is 0. The number of hydrogen-bond donors (Lipinski definition) is 0. The van der Waals surface area contributed by atoms with Crippen LogP contribution in [-0.4, -0.2) is 0 Å². The highest BCUT2D eigenvalue weighted by Gasteiger charge is 2.20. The van der Waals surface area contributed by atoms with Crippen molar-refractivity contribution in [3.63, 3.8) is 0 Å². The van der Waals surface area contributed by atoms with Crippen LogP contribution < -0.4 is 0 Å². The van der Waals surface area contributed by atoms with Crippen LogP contribution in [0.15, 0.2) is 0 Å². The molecule has 0 spiro atoms. The maximum atomic E-state index is 10.4. The SMILES string of the molecule is C#COP(=O)(Cl)OC#C. The summed E-state index contributed by atoms with van der Waals surface area (Å²) in [7, 11) is 0. The van der Waals surface area contributed by atoms with Crippen molar-refractivity contribution in [3.8, 4) is 25.1 Å². The summed E-state index contributed by atoms with van der Waals surface area (Å²) >= 11 is 4.96. The van der Waals surface area contributed by atoms with Gasteiger partial charge in [-0.2, -0.15) is 0 Å². The van der Waals surface area contributed by atoms with Crippen LogP contribution in [0.4, 0.5) is 0 Å². The van der Waals surface area contributed by atoms with E-state index in [0.717, 1.165) is 0 Å². The lowest BCUT2D eigenvalue weighted by Gasteiger charge is -2.00. The Kier molecular flexibility index (Phi) is 3.02. The van der Waals surface area contributed by atoms with Gasteiger partial charge in [0.25, 0.3) is 0 Å². The minimum atomic E-state index is -3.69. The Morgan fingerprint density at radius 3 is 1.89 bits per heavy atom. The van der Waals surface area contributed by atoms with Crippen molar-refractivity contribution >= 4 is 18.2 Å². The zero-order valence-electron chi connectivity index (χ0n) is 4.20. The normalized spacial score (nSPS) is 8.78. The Bertz CT molecular complexity index is 191. The lowest BCUT2D eigenvalue weighted by molar-refractivity contribution is 0.375. The van der Waals surface area contributed by atoms with E-state index in [-0.39, 0.29) is 0 Å². The number of rotatable bonds is 2. The maximum absolute atomic E-state index is 10.4. The first-order chi connectivity index (χ1) is 4.12.